The number of aromatic nitrogens is 2. The summed E-state index contributed by atoms with van der Waals surface area (Å²) in [6, 6.07) is 0.515. The molecule has 0 bridgehead atoms. The van der Waals surface area contributed by atoms with E-state index in [2.05, 4.69) is 9.88 Å². The molecule has 2 rings (SSSR count). The summed E-state index contributed by atoms with van der Waals surface area (Å²) in [5, 5.41) is 11.0. The maximum absolute atomic E-state index is 11.0. The van der Waals surface area contributed by atoms with Crippen LogP contribution in [0.5, 0.6) is 0 Å². The van der Waals surface area contributed by atoms with Crippen LogP contribution in [0, 0.1) is 17.0 Å². The van der Waals surface area contributed by atoms with E-state index in [1.807, 2.05) is 6.92 Å². The highest BCUT2D eigenvalue weighted by Crippen LogP contribution is 2.20. The molecule has 0 saturated carbocycles. The lowest BCUT2D eigenvalue weighted by Gasteiger charge is -2.37. The van der Waals surface area contributed by atoms with Crippen molar-refractivity contribution in [2.45, 2.75) is 51.7 Å². The molecular weight excluding hydrogens is 258 g/mol. The Morgan fingerprint density at radius 2 is 2.30 bits per heavy atom. The Kier molecular flexibility index (Phi) is 4.72. The van der Waals surface area contributed by atoms with Crippen molar-refractivity contribution in [3.05, 3.63) is 22.1 Å². The molecule has 0 aliphatic carbocycles. The first-order chi connectivity index (χ1) is 9.50. The third-order valence-corrected chi connectivity index (χ3v) is 4.10. The van der Waals surface area contributed by atoms with E-state index in [4.69, 9.17) is 5.73 Å². The largest absolute Gasteiger partial charge is 0.358 e. The van der Waals surface area contributed by atoms with Gasteiger partial charge in [0.15, 0.2) is 5.82 Å². The van der Waals surface area contributed by atoms with Gasteiger partial charge in [-0.25, -0.2) is 9.55 Å². The number of rotatable bonds is 5. The maximum atomic E-state index is 11.0. The van der Waals surface area contributed by atoms with Crippen LogP contribution in [-0.2, 0) is 6.54 Å². The minimum absolute atomic E-state index is 0.0665. The molecule has 0 amide bonds. The van der Waals surface area contributed by atoms with Crippen molar-refractivity contribution in [1.29, 1.82) is 0 Å². The van der Waals surface area contributed by atoms with Crippen molar-refractivity contribution in [2.75, 3.05) is 13.1 Å². The molecule has 1 saturated heterocycles. The van der Waals surface area contributed by atoms with Crippen LogP contribution in [0.2, 0.25) is 0 Å². The van der Waals surface area contributed by atoms with Crippen LogP contribution < -0.4 is 5.73 Å². The fraction of sp³-hybridized carbons (Fsp3) is 0.769. The van der Waals surface area contributed by atoms with E-state index < -0.39 is 0 Å². The lowest BCUT2D eigenvalue weighted by Crippen LogP contribution is -2.50. The molecule has 0 radical (unpaired) electrons. The second-order valence-electron chi connectivity index (χ2n) is 5.53. The van der Waals surface area contributed by atoms with Crippen molar-refractivity contribution in [1.82, 2.24) is 14.5 Å². The first kappa shape index (κ1) is 14.9. The van der Waals surface area contributed by atoms with Gasteiger partial charge in [0.05, 0.1) is 0 Å². The molecule has 7 heteroatoms. The molecule has 20 heavy (non-hydrogen) atoms. The monoisotopic (exact) mass is 281 g/mol. The molecule has 1 aliphatic heterocycles. The number of piperidine rings is 1. The zero-order valence-electron chi connectivity index (χ0n) is 12.2. The van der Waals surface area contributed by atoms with Gasteiger partial charge in [-0.2, -0.15) is 0 Å². The molecule has 0 spiro atoms. The summed E-state index contributed by atoms with van der Waals surface area (Å²) in [6.07, 6.45) is 4.83. The quantitative estimate of drug-likeness (QED) is 0.649. The summed E-state index contributed by atoms with van der Waals surface area (Å²) in [4.78, 5) is 17.0. The Morgan fingerprint density at radius 1 is 1.55 bits per heavy atom. The average molecular weight is 281 g/mol. The van der Waals surface area contributed by atoms with E-state index in [0.29, 0.717) is 18.4 Å². The minimum Gasteiger partial charge on any atom is -0.358 e. The predicted octanol–water partition coefficient (Wildman–Crippen LogP) is 1.30. The van der Waals surface area contributed by atoms with Crippen LogP contribution in [0.4, 0.5) is 5.82 Å². The molecule has 1 fully saturated rings. The highest BCUT2D eigenvalue weighted by Gasteiger charge is 2.26. The van der Waals surface area contributed by atoms with E-state index in [9.17, 15) is 10.1 Å². The van der Waals surface area contributed by atoms with Crippen LogP contribution >= 0.6 is 0 Å². The molecule has 1 aromatic rings. The van der Waals surface area contributed by atoms with E-state index in [0.717, 1.165) is 19.5 Å². The van der Waals surface area contributed by atoms with Crippen molar-refractivity contribution in [3.63, 3.8) is 0 Å². The Bertz CT molecular complexity index is 471. The number of hydrogen-bond donors (Lipinski definition) is 1. The van der Waals surface area contributed by atoms with E-state index in [-0.39, 0.29) is 16.8 Å². The van der Waals surface area contributed by atoms with Gasteiger partial charge >= 0.3 is 5.82 Å². The van der Waals surface area contributed by atoms with Gasteiger partial charge in [0.2, 0.25) is 0 Å². The van der Waals surface area contributed by atoms with Crippen molar-refractivity contribution in [2.24, 2.45) is 5.73 Å². The molecule has 1 aromatic heterocycles. The SMILES string of the molecule is Cc1ncc([N+](=O)[O-])n1CCN1CCCCC1C(C)N. The molecule has 1 aliphatic rings. The number of hydrogen-bond acceptors (Lipinski definition) is 5. The Balaban J connectivity index is 2.04. The maximum Gasteiger partial charge on any atom is 0.342 e. The Hall–Kier alpha value is -1.47. The molecule has 112 valence electrons. The number of nitrogens with zero attached hydrogens (tertiary/aromatic N) is 4. The topological polar surface area (TPSA) is 90.2 Å². The molecule has 0 aromatic carbocycles. The van der Waals surface area contributed by atoms with Crippen molar-refractivity contribution < 1.29 is 4.92 Å². The van der Waals surface area contributed by atoms with Crippen molar-refractivity contribution >= 4 is 5.82 Å². The summed E-state index contributed by atoms with van der Waals surface area (Å²) in [6.45, 7) is 6.23. The van der Waals surface area contributed by atoms with Crippen molar-refractivity contribution in [3.8, 4) is 0 Å². The first-order valence-electron chi connectivity index (χ1n) is 7.17. The average Bonchev–Trinajstić information content (AvgIpc) is 2.78. The molecule has 7 nitrogen and oxygen atoms in total. The summed E-state index contributed by atoms with van der Waals surface area (Å²) in [5.74, 6) is 0.753. The number of imidazole rings is 1. The lowest BCUT2D eigenvalue weighted by molar-refractivity contribution is -0.392. The van der Waals surface area contributed by atoms with Gasteiger partial charge in [-0.05, 0) is 31.2 Å². The second-order valence-corrected chi connectivity index (χ2v) is 5.53. The fourth-order valence-corrected chi connectivity index (χ4v) is 3.00. The van der Waals surface area contributed by atoms with Gasteiger partial charge in [-0.3, -0.25) is 4.90 Å². The number of nitro groups is 1. The van der Waals surface area contributed by atoms with Gasteiger partial charge in [-0.1, -0.05) is 6.42 Å². The van der Waals surface area contributed by atoms with Gasteiger partial charge in [0, 0.05) is 25.6 Å². The second kappa shape index (κ2) is 6.32. The highest BCUT2D eigenvalue weighted by atomic mass is 16.6. The van der Waals surface area contributed by atoms with Crippen LogP contribution in [0.3, 0.4) is 0 Å². The Labute approximate surface area is 118 Å². The summed E-state index contributed by atoms with van der Waals surface area (Å²) in [5.41, 5.74) is 6.05. The normalized spacial score (nSPS) is 21.9. The first-order valence-corrected chi connectivity index (χ1v) is 7.17. The Morgan fingerprint density at radius 3 is 2.95 bits per heavy atom. The third-order valence-electron chi connectivity index (χ3n) is 4.10. The predicted molar refractivity (Wildman–Crippen MR) is 76.5 cm³/mol. The molecule has 2 heterocycles. The summed E-state index contributed by atoms with van der Waals surface area (Å²) < 4.78 is 1.67. The van der Waals surface area contributed by atoms with Crippen LogP contribution in [0.1, 0.15) is 32.0 Å². The lowest BCUT2D eigenvalue weighted by atomic mass is 9.97. The smallest absolute Gasteiger partial charge is 0.342 e. The van der Waals surface area contributed by atoms with Crippen LogP contribution in [0.25, 0.3) is 0 Å². The van der Waals surface area contributed by atoms with Crippen LogP contribution in [0.15, 0.2) is 6.20 Å². The van der Waals surface area contributed by atoms with E-state index >= 15 is 0 Å². The van der Waals surface area contributed by atoms with Gasteiger partial charge in [0.1, 0.15) is 12.7 Å². The zero-order chi connectivity index (χ0) is 14.7. The molecule has 2 N–H and O–H groups in total. The number of likely N-dealkylation sites (tertiary alicyclic amines) is 1. The third kappa shape index (κ3) is 3.16. The number of nitrogens with two attached hydrogens (primary N) is 1. The highest BCUT2D eigenvalue weighted by molar-refractivity contribution is 5.18. The fourth-order valence-electron chi connectivity index (χ4n) is 3.00. The van der Waals surface area contributed by atoms with E-state index in [1.54, 1.807) is 11.5 Å². The molecule has 2 unspecified atom stereocenters. The zero-order valence-corrected chi connectivity index (χ0v) is 12.2. The van der Waals surface area contributed by atoms with Crippen LogP contribution in [-0.4, -0.2) is 44.5 Å². The molecular formula is C13H23N5O2. The minimum atomic E-state index is -0.376. The number of aryl methyl sites for hydroxylation is 1. The molecule has 2 atom stereocenters. The summed E-state index contributed by atoms with van der Waals surface area (Å²) >= 11 is 0. The van der Waals surface area contributed by atoms with Gasteiger partial charge in [-0.15, -0.1) is 0 Å². The van der Waals surface area contributed by atoms with E-state index in [1.165, 1.54) is 19.0 Å². The van der Waals surface area contributed by atoms with Gasteiger partial charge < -0.3 is 15.8 Å². The van der Waals surface area contributed by atoms with Gasteiger partial charge in [0.25, 0.3) is 0 Å². The summed E-state index contributed by atoms with van der Waals surface area (Å²) in [7, 11) is 0. The standard InChI is InChI=1S/C13H23N5O2/c1-10(14)12-5-3-4-6-16(12)7-8-17-11(2)15-9-13(17)18(19)20/h9-10,12H,3-8,14H2,1-2H3.